The van der Waals surface area contributed by atoms with Crippen molar-refractivity contribution >= 4 is 11.1 Å². The van der Waals surface area contributed by atoms with E-state index in [-0.39, 0.29) is 29.6 Å². The van der Waals surface area contributed by atoms with Crippen LogP contribution in [-0.2, 0) is 11.1 Å². The molecule has 0 heterocycles. The molecule has 0 saturated heterocycles. The second kappa shape index (κ2) is 4.85. The molecule has 4 heteroatoms. The average Bonchev–Trinajstić information content (AvgIpc) is 2.41. The Balaban J connectivity index is 0.000000640. The molecule has 0 bridgehead atoms. The van der Waals surface area contributed by atoms with Gasteiger partial charge < -0.3 is 4.55 Å². The molecule has 0 aromatic rings. The minimum Gasteiger partial charge on any atom is -0.772 e. The fourth-order valence-corrected chi connectivity index (χ4v) is 1.20. The second-order valence-corrected chi connectivity index (χ2v) is 3.26. The Hall–Kier alpha value is 1.11. The summed E-state index contributed by atoms with van der Waals surface area (Å²) in [6, 6.07) is 0. The Bertz CT molecular complexity index is 103. The topological polar surface area (TPSA) is 40.1 Å². The van der Waals surface area contributed by atoms with Crippen LogP contribution in [0, 0.1) is 5.92 Å². The van der Waals surface area contributed by atoms with E-state index in [0.29, 0.717) is 5.75 Å². The molecular weight excluding hydrogens is 147 g/mol. The van der Waals surface area contributed by atoms with Crippen molar-refractivity contribution in [3.05, 3.63) is 0 Å². The van der Waals surface area contributed by atoms with E-state index < -0.39 is 11.1 Å². The van der Waals surface area contributed by atoms with E-state index in [4.69, 9.17) is 0 Å². The van der Waals surface area contributed by atoms with Crippen molar-refractivity contribution in [1.82, 2.24) is 0 Å². The van der Waals surface area contributed by atoms with Gasteiger partial charge in [0.25, 0.3) is 0 Å². The molecule has 1 aliphatic carbocycles. The summed E-state index contributed by atoms with van der Waals surface area (Å²) in [5, 5.41) is 0. The first kappa shape index (κ1) is 10.1. The van der Waals surface area contributed by atoms with Crippen LogP contribution in [-0.4, -0.2) is 14.5 Å². The summed E-state index contributed by atoms with van der Waals surface area (Å²) in [5.74, 6) is 1.11. The largest absolute Gasteiger partial charge is 1.00 e. The van der Waals surface area contributed by atoms with Crippen molar-refractivity contribution in [2.75, 3.05) is 5.75 Å². The summed E-state index contributed by atoms with van der Waals surface area (Å²) in [6.45, 7) is 0. The quantitative estimate of drug-likeness (QED) is 0.339. The predicted molar refractivity (Wildman–Crippen MR) is 31.1 cm³/mol. The third-order valence-corrected chi connectivity index (χ3v) is 1.96. The fourth-order valence-electron chi connectivity index (χ4n) is 0.669. The molecule has 2 nitrogen and oxygen atoms in total. The molecule has 0 spiro atoms. The zero-order valence-corrected chi connectivity index (χ0v) is 8.45. The van der Waals surface area contributed by atoms with Crippen molar-refractivity contribution in [3.8, 4) is 0 Å². The Kier molecular flexibility index (Phi) is 5.45. The van der Waals surface area contributed by atoms with Crippen molar-refractivity contribution < 1.29 is 38.3 Å². The van der Waals surface area contributed by atoms with Gasteiger partial charge in [-0.1, -0.05) is 23.9 Å². The monoisotopic (exact) mass is 156 g/mol. The molecule has 1 fully saturated rings. The maximum absolute atomic E-state index is 9.93. The minimum absolute atomic E-state index is 0. The summed E-state index contributed by atoms with van der Waals surface area (Å²) in [7, 11) is 0. The van der Waals surface area contributed by atoms with Crippen molar-refractivity contribution in [2.45, 2.75) is 19.3 Å². The third kappa shape index (κ3) is 5.55. The molecule has 1 aliphatic rings. The normalized spacial score (nSPS) is 20.6. The van der Waals surface area contributed by atoms with Crippen molar-refractivity contribution in [2.24, 2.45) is 5.92 Å². The SMILES string of the molecule is O=S([O-])CCC1CC1.[Na+]. The Labute approximate surface area is 80.0 Å². The molecular formula is C5H9NaO2S. The Morgan fingerprint density at radius 1 is 1.56 bits per heavy atom. The summed E-state index contributed by atoms with van der Waals surface area (Å²) < 4.78 is 19.9. The summed E-state index contributed by atoms with van der Waals surface area (Å²) in [6.07, 6.45) is 3.38. The maximum Gasteiger partial charge on any atom is 1.00 e. The average molecular weight is 156 g/mol. The first-order valence-corrected chi connectivity index (χ1v) is 4.09. The number of rotatable bonds is 3. The molecule has 48 valence electrons. The smallest absolute Gasteiger partial charge is 0.772 e. The molecule has 0 radical (unpaired) electrons. The van der Waals surface area contributed by atoms with Gasteiger partial charge in [0.15, 0.2) is 0 Å². The van der Waals surface area contributed by atoms with Crippen LogP contribution in [0.25, 0.3) is 0 Å². The van der Waals surface area contributed by atoms with Crippen LogP contribution in [0.5, 0.6) is 0 Å². The first-order chi connectivity index (χ1) is 3.79. The van der Waals surface area contributed by atoms with Crippen LogP contribution < -0.4 is 29.6 Å². The molecule has 1 unspecified atom stereocenters. The van der Waals surface area contributed by atoms with E-state index in [1.807, 2.05) is 0 Å². The molecule has 9 heavy (non-hydrogen) atoms. The van der Waals surface area contributed by atoms with Crippen LogP contribution in [0.15, 0.2) is 0 Å². The van der Waals surface area contributed by atoms with Gasteiger partial charge in [-0.3, -0.25) is 4.21 Å². The van der Waals surface area contributed by atoms with Gasteiger partial charge in [-0.15, -0.1) is 0 Å². The van der Waals surface area contributed by atoms with Gasteiger partial charge in [0.05, 0.1) is 0 Å². The Morgan fingerprint density at radius 2 is 2.11 bits per heavy atom. The minimum atomic E-state index is -1.80. The van der Waals surface area contributed by atoms with Crippen molar-refractivity contribution in [3.63, 3.8) is 0 Å². The Morgan fingerprint density at radius 3 is 2.44 bits per heavy atom. The molecule has 1 atom stereocenters. The number of hydrogen-bond acceptors (Lipinski definition) is 2. The second-order valence-electron chi connectivity index (χ2n) is 2.24. The predicted octanol–water partition coefficient (Wildman–Crippen LogP) is -2.33. The van der Waals surface area contributed by atoms with E-state index in [9.17, 15) is 8.76 Å². The standard InChI is InChI=1S/C5H10O2S.Na/c6-8(7)4-3-5-1-2-5;/h5H,1-4H2,(H,6,7);/q;+1/p-1. The van der Waals surface area contributed by atoms with Gasteiger partial charge in [-0.05, 0) is 12.3 Å². The van der Waals surface area contributed by atoms with E-state index in [2.05, 4.69) is 0 Å². The summed E-state index contributed by atoms with van der Waals surface area (Å²) in [5.41, 5.74) is 0. The van der Waals surface area contributed by atoms with Gasteiger partial charge in [0.2, 0.25) is 0 Å². The van der Waals surface area contributed by atoms with Gasteiger partial charge in [0, 0.05) is 5.75 Å². The van der Waals surface area contributed by atoms with E-state index in [1.54, 1.807) is 0 Å². The third-order valence-electron chi connectivity index (χ3n) is 1.39. The molecule has 1 saturated carbocycles. The van der Waals surface area contributed by atoms with Crippen LogP contribution >= 0.6 is 0 Å². The van der Waals surface area contributed by atoms with Crippen LogP contribution in [0.3, 0.4) is 0 Å². The van der Waals surface area contributed by atoms with Gasteiger partial charge in [-0.2, -0.15) is 0 Å². The maximum atomic E-state index is 9.93. The van der Waals surface area contributed by atoms with Gasteiger partial charge >= 0.3 is 29.6 Å². The molecule has 0 aromatic carbocycles. The summed E-state index contributed by atoms with van der Waals surface area (Å²) in [4.78, 5) is 0. The molecule has 0 aliphatic heterocycles. The van der Waals surface area contributed by atoms with Gasteiger partial charge in [0.1, 0.15) is 0 Å². The number of hydrogen-bond donors (Lipinski definition) is 0. The zero-order valence-electron chi connectivity index (χ0n) is 5.63. The van der Waals surface area contributed by atoms with Crippen molar-refractivity contribution in [1.29, 1.82) is 0 Å². The van der Waals surface area contributed by atoms with Crippen LogP contribution in [0.2, 0.25) is 0 Å². The molecule has 1 rings (SSSR count). The zero-order chi connectivity index (χ0) is 5.98. The van der Waals surface area contributed by atoms with Gasteiger partial charge in [-0.25, -0.2) is 0 Å². The molecule has 0 amide bonds. The van der Waals surface area contributed by atoms with E-state index in [0.717, 1.165) is 12.3 Å². The molecule has 0 aromatic heterocycles. The van der Waals surface area contributed by atoms with Crippen LogP contribution in [0.1, 0.15) is 19.3 Å². The fraction of sp³-hybridized carbons (Fsp3) is 1.00. The van der Waals surface area contributed by atoms with E-state index in [1.165, 1.54) is 12.8 Å². The molecule has 0 N–H and O–H groups in total. The van der Waals surface area contributed by atoms with Crippen LogP contribution in [0.4, 0.5) is 0 Å². The van der Waals surface area contributed by atoms with E-state index >= 15 is 0 Å². The first-order valence-electron chi connectivity index (χ1n) is 2.85. The summed E-state index contributed by atoms with van der Waals surface area (Å²) >= 11 is -1.80.